The van der Waals surface area contributed by atoms with Crippen molar-refractivity contribution < 1.29 is 27.1 Å². The third-order valence-electron chi connectivity index (χ3n) is 3.84. The van der Waals surface area contributed by atoms with Crippen molar-refractivity contribution in [3.05, 3.63) is 52.2 Å². The quantitative estimate of drug-likeness (QED) is 0.535. The number of anilines is 1. The highest BCUT2D eigenvalue weighted by Crippen LogP contribution is 2.23. The lowest BCUT2D eigenvalue weighted by Crippen LogP contribution is -2.38. The van der Waals surface area contributed by atoms with Crippen LogP contribution in [-0.4, -0.2) is 37.4 Å². The number of carbonyl (C=O) groups is 1. The zero-order valence-electron chi connectivity index (χ0n) is 15.3. The van der Waals surface area contributed by atoms with Gasteiger partial charge in [0, 0.05) is 17.1 Å². The van der Waals surface area contributed by atoms with Crippen molar-refractivity contribution in [1.82, 2.24) is 5.32 Å². The average Bonchev–Trinajstić information content (AvgIpc) is 3.15. The van der Waals surface area contributed by atoms with E-state index < -0.39 is 25.0 Å². The number of halogens is 4. The van der Waals surface area contributed by atoms with Gasteiger partial charge in [0.25, 0.3) is 0 Å². The van der Waals surface area contributed by atoms with Crippen LogP contribution < -0.4 is 10.6 Å². The summed E-state index contributed by atoms with van der Waals surface area (Å²) in [6, 6.07) is 10.1. The molecule has 1 aromatic heterocycles. The van der Waals surface area contributed by atoms with Gasteiger partial charge < -0.3 is 15.4 Å². The van der Waals surface area contributed by atoms with E-state index >= 15 is 0 Å². The van der Waals surface area contributed by atoms with Crippen molar-refractivity contribution in [3.63, 3.8) is 0 Å². The Kier molecular flexibility index (Phi) is 8.25. The normalized spacial score (nSPS) is 12.8. The summed E-state index contributed by atoms with van der Waals surface area (Å²) in [5.74, 6) is -4.35. The lowest BCUT2D eigenvalue weighted by molar-refractivity contribution is -0.168. The Morgan fingerprint density at radius 2 is 2.04 bits per heavy atom. The molecule has 0 aliphatic rings. The zero-order valence-corrected chi connectivity index (χ0v) is 16.1. The maximum Gasteiger partial charge on any atom is 0.330 e. The third-order valence-corrected chi connectivity index (χ3v) is 4.77. The summed E-state index contributed by atoms with van der Waals surface area (Å²) in [5, 5.41) is 7.84. The largest absolute Gasteiger partial charge is 0.374 e. The molecule has 0 radical (unpaired) electrons. The molecule has 0 saturated heterocycles. The predicted octanol–water partition coefficient (Wildman–Crippen LogP) is 4.32. The summed E-state index contributed by atoms with van der Waals surface area (Å²) in [7, 11) is 0. The molecule has 2 aromatic rings. The summed E-state index contributed by atoms with van der Waals surface area (Å²) in [6.45, 7) is 0.634. The molecule has 2 rings (SSSR count). The van der Waals surface area contributed by atoms with Crippen LogP contribution in [0.3, 0.4) is 0 Å². The van der Waals surface area contributed by atoms with Gasteiger partial charge in [-0.25, -0.2) is 8.78 Å². The Balaban J connectivity index is 1.78. The van der Waals surface area contributed by atoms with Gasteiger partial charge >= 0.3 is 12.3 Å². The average molecular weight is 418 g/mol. The highest BCUT2D eigenvalue weighted by molar-refractivity contribution is 7.09. The molecule has 1 atom stereocenters. The number of carbonyl (C=O) groups excluding carboxylic acids is 1. The van der Waals surface area contributed by atoms with Gasteiger partial charge in [0.15, 0.2) is 0 Å². The summed E-state index contributed by atoms with van der Waals surface area (Å²) in [6.07, 6.45) is -3.01. The molecule has 28 heavy (non-hydrogen) atoms. The number of hydrogen-bond donors (Lipinski definition) is 2. The van der Waals surface area contributed by atoms with Crippen LogP contribution in [0, 0.1) is 0 Å². The monoisotopic (exact) mass is 418 g/mol. The minimum absolute atomic E-state index is 0.171. The predicted molar refractivity (Wildman–Crippen MR) is 101 cm³/mol. The van der Waals surface area contributed by atoms with Gasteiger partial charge in [-0.15, -0.1) is 11.3 Å². The molecule has 2 N–H and O–H groups in total. The molecule has 0 aliphatic carbocycles. The second kappa shape index (κ2) is 10.4. The highest BCUT2D eigenvalue weighted by atomic mass is 32.1. The fourth-order valence-corrected chi connectivity index (χ4v) is 3.06. The molecule has 0 spiro atoms. The molecule has 0 saturated carbocycles. The fraction of sp³-hybridized carbons (Fsp3) is 0.421. The Labute approximate surface area is 164 Å². The van der Waals surface area contributed by atoms with Crippen molar-refractivity contribution in [2.75, 3.05) is 18.5 Å². The van der Waals surface area contributed by atoms with Crippen molar-refractivity contribution in [2.24, 2.45) is 0 Å². The maximum atomic E-state index is 12.8. The van der Waals surface area contributed by atoms with E-state index in [4.69, 9.17) is 4.74 Å². The topological polar surface area (TPSA) is 50.4 Å². The first-order valence-corrected chi connectivity index (χ1v) is 9.55. The SMILES string of the molecule is CC(Nc1cccc(COCC(F)(F)C(F)F)c1)C(=O)NCCc1cccs1. The van der Waals surface area contributed by atoms with Gasteiger partial charge in [0.05, 0.1) is 6.61 Å². The highest BCUT2D eigenvalue weighted by Gasteiger charge is 2.40. The summed E-state index contributed by atoms with van der Waals surface area (Å²) in [4.78, 5) is 13.3. The van der Waals surface area contributed by atoms with Gasteiger partial charge in [-0.1, -0.05) is 18.2 Å². The van der Waals surface area contributed by atoms with Crippen LogP contribution in [0.4, 0.5) is 23.2 Å². The van der Waals surface area contributed by atoms with Crippen LogP contribution in [0.25, 0.3) is 0 Å². The molecule has 4 nitrogen and oxygen atoms in total. The number of hydrogen-bond acceptors (Lipinski definition) is 4. The van der Waals surface area contributed by atoms with Crippen LogP contribution in [-0.2, 0) is 22.6 Å². The molecular weight excluding hydrogens is 396 g/mol. The van der Waals surface area contributed by atoms with Gasteiger partial charge in [-0.05, 0) is 42.5 Å². The van der Waals surface area contributed by atoms with Crippen LogP contribution in [0.15, 0.2) is 41.8 Å². The van der Waals surface area contributed by atoms with Crippen LogP contribution in [0.1, 0.15) is 17.4 Å². The standard InChI is InChI=1S/C19H22F4N2O2S/c1-13(17(26)24-8-7-16-6-3-9-28-16)25-15-5-2-4-14(10-15)11-27-12-19(22,23)18(20)21/h2-6,9-10,13,18,25H,7-8,11-12H2,1H3,(H,24,26). The second-order valence-corrected chi connectivity index (χ2v) is 7.27. The molecule has 1 aromatic carbocycles. The lowest BCUT2D eigenvalue weighted by Gasteiger charge is -2.17. The smallest absolute Gasteiger partial charge is 0.330 e. The third kappa shape index (κ3) is 7.12. The minimum atomic E-state index is -4.18. The molecule has 1 unspecified atom stereocenters. The van der Waals surface area contributed by atoms with E-state index in [9.17, 15) is 22.4 Å². The number of amides is 1. The van der Waals surface area contributed by atoms with Crippen molar-refractivity contribution in [3.8, 4) is 0 Å². The lowest BCUT2D eigenvalue weighted by atomic mass is 10.2. The Morgan fingerprint density at radius 1 is 1.25 bits per heavy atom. The van der Waals surface area contributed by atoms with Crippen LogP contribution in [0.2, 0.25) is 0 Å². The van der Waals surface area contributed by atoms with E-state index in [-0.39, 0.29) is 12.5 Å². The van der Waals surface area contributed by atoms with Crippen LogP contribution >= 0.6 is 11.3 Å². The first kappa shape index (κ1) is 22.2. The molecular formula is C19H22F4N2O2S. The van der Waals surface area contributed by atoms with Gasteiger partial charge in [-0.3, -0.25) is 4.79 Å². The Hall–Kier alpha value is -2.13. The van der Waals surface area contributed by atoms with E-state index in [0.717, 1.165) is 6.42 Å². The van der Waals surface area contributed by atoms with E-state index in [1.54, 1.807) is 42.5 Å². The Morgan fingerprint density at radius 3 is 2.71 bits per heavy atom. The second-order valence-electron chi connectivity index (χ2n) is 6.24. The van der Waals surface area contributed by atoms with Crippen molar-refractivity contribution >= 4 is 22.9 Å². The summed E-state index contributed by atoms with van der Waals surface area (Å²) in [5.41, 5.74) is 1.13. The first-order chi connectivity index (χ1) is 13.3. The van der Waals surface area contributed by atoms with Crippen LogP contribution in [0.5, 0.6) is 0 Å². The van der Waals surface area contributed by atoms with Gasteiger partial charge in [0.2, 0.25) is 5.91 Å². The number of nitrogens with one attached hydrogen (secondary N) is 2. The number of thiophene rings is 1. The van der Waals surface area contributed by atoms with Gasteiger partial charge in [-0.2, -0.15) is 8.78 Å². The molecule has 1 amide bonds. The van der Waals surface area contributed by atoms with E-state index in [1.165, 1.54) is 4.88 Å². The number of rotatable bonds is 11. The van der Waals surface area contributed by atoms with Gasteiger partial charge in [0.1, 0.15) is 12.6 Å². The molecule has 0 fully saturated rings. The summed E-state index contributed by atoms with van der Waals surface area (Å²) >= 11 is 1.63. The molecule has 154 valence electrons. The number of benzene rings is 1. The maximum absolute atomic E-state index is 12.8. The van der Waals surface area contributed by atoms with Crippen molar-refractivity contribution in [1.29, 1.82) is 0 Å². The van der Waals surface area contributed by atoms with E-state index in [2.05, 4.69) is 10.6 Å². The number of alkyl halides is 4. The Bertz CT molecular complexity index is 741. The first-order valence-electron chi connectivity index (χ1n) is 8.67. The van der Waals surface area contributed by atoms with E-state index in [0.29, 0.717) is 17.8 Å². The minimum Gasteiger partial charge on any atom is -0.374 e. The molecule has 9 heteroatoms. The molecule has 1 heterocycles. The zero-order chi connectivity index (χ0) is 20.6. The number of ether oxygens (including phenoxy) is 1. The summed E-state index contributed by atoms with van der Waals surface area (Å²) < 4.78 is 54.6. The molecule has 0 aliphatic heterocycles. The fourth-order valence-electron chi connectivity index (χ4n) is 2.35. The molecule has 0 bridgehead atoms. The van der Waals surface area contributed by atoms with Crippen molar-refractivity contribution in [2.45, 2.75) is 38.3 Å². The van der Waals surface area contributed by atoms with E-state index in [1.807, 2.05) is 17.5 Å².